The van der Waals surface area contributed by atoms with Crippen LogP contribution in [0.4, 0.5) is 13.2 Å². The van der Waals surface area contributed by atoms with Crippen molar-refractivity contribution in [1.29, 1.82) is 0 Å². The van der Waals surface area contributed by atoms with E-state index in [-0.39, 0.29) is 12.9 Å². The minimum absolute atomic E-state index is 0.0319. The van der Waals surface area contributed by atoms with E-state index in [0.29, 0.717) is 0 Å². The summed E-state index contributed by atoms with van der Waals surface area (Å²) in [5, 5.41) is 0. The lowest BCUT2D eigenvalue weighted by molar-refractivity contribution is -0.202. The molecule has 1 rings (SSSR count). The molecule has 0 unspecified atom stereocenters. The maximum Gasteiger partial charge on any atom is 0.463 e. The molecule has 0 N–H and O–H groups in total. The van der Waals surface area contributed by atoms with E-state index in [9.17, 15) is 13.2 Å². The molecule has 9 heavy (non-hydrogen) atoms. The van der Waals surface area contributed by atoms with Gasteiger partial charge in [0.15, 0.2) is 0 Å². The van der Waals surface area contributed by atoms with E-state index in [1.807, 2.05) is 0 Å². The monoisotopic (exact) mass is 140 g/mol. The van der Waals surface area contributed by atoms with Crippen LogP contribution in [0, 0.1) is 0 Å². The van der Waals surface area contributed by atoms with Crippen LogP contribution in [-0.2, 0) is 9.69 Å². The first kappa shape index (κ1) is 6.89. The molecule has 2 nitrogen and oxygen atoms in total. The van der Waals surface area contributed by atoms with Crippen LogP contribution >= 0.6 is 0 Å². The Bertz CT molecular complexity index is 97.7. The standard InChI is InChI=1S/C3H4BF3O2/c5-3(6,7)4-1-2-8-9-4/h1-2H2. The number of hydrogen-bond acceptors (Lipinski definition) is 2. The maximum absolute atomic E-state index is 11.6. The van der Waals surface area contributed by atoms with Crippen LogP contribution in [0.2, 0.25) is 6.32 Å². The van der Waals surface area contributed by atoms with Crippen molar-refractivity contribution in [2.45, 2.75) is 12.4 Å². The lowest BCUT2D eigenvalue weighted by atomic mass is 9.65. The second-order valence-corrected chi connectivity index (χ2v) is 1.74. The van der Waals surface area contributed by atoms with Crippen molar-refractivity contribution in [3.63, 3.8) is 0 Å². The third-order valence-corrected chi connectivity index (χ3v) is 1.01. The van der Waals surface area contributed by atoms with E-state index in [0.717, 1.165) is 0 Å². The van der Waals surface area contributed by atoms with E-state index >= 15 is 0 Å². The highest BCUT2D eigenvalue weighted by Crippen LogP contribution is 2.25. The molecule has 1 aliphatic rings. The zero-order chi connectivity index (χ0) is 6.91. The second-order valence-electron chi connectivity index (χ2n) is 1.74. The molecule has 52 valence electrons. The van der Waals surface area contributed by atoms with Gasteiger partial charge in [-0.1, -0.05) is 0 Å². The third-order valence-electron chi connectivity index (χ3n) is 1.01. The summed E-state index contributed by atoms with van der Waals surface area (Å²) in [6.07, 6.45) is -4.36. The van der Waals surface area contributed by atoms with E-state index in [1.165, 1.54) is 0 Å². The normalized spacial score (nSPS) is 21.0. The maximum atomic E-state index is 11.6. The molecule has 1 heterocycles. The predicted molar refractivity (Wildman–Crippen MR) is 23.7 cm³/mol. The van der Waals surface area contributed by atoms with Gasteiger partial charge in [0.1, 0.15) is 0 Å². The van der Waals surface area contributed by atoms with Crippen molar-refractivity contribution in [2.75, 3.05) is 6.61 Å². The Hall–Kier alpha value is -0.225. The van der Waals surface area contributed by atoms with Gasteiger partial charge >= 0.3 is 13.0 Å². The van der Waals surface area contributed by atoms with Crippen LogP contribution in [0.25, 0.3) is 0 Å². The van der Waals surface area contributed by atoms with Gasteiger partial charge in [-0.2, -0.15) is 13.2 Å². The minimum Gasteiger partial charge on any atom is -0.293 e. The van der Waals surface area contributed by atoms with Gasteiger partial charge in [-0.15, -0.1) is 0 Å². The number of alkyl halides is 3. The largest absolute Gasteiger partial charge is 0.463 e. The van der Waals surface area contributed by atoms with Gasteiger partial charge in [-0.25, -0.2) is 0 Å². The average molecular weight is 140 g/mol. The summed E-state index contributed by atoms with van der Waals surface area (Å²) in [5.41, 5.74) is 0. The molecule has 0 saturated carbocycles. The van der Waals surface area contributed by atoms with Crippen molar-refractivity contribution in [3.05, 3.63) is 0 Å². The molecule has 0 aromatic rings. The first-order valence-electron chi connectivity index (χ1n) is 2.45. The molecule has 0 atom stereocenters. The summed E-state index contributed by atoms with van der Waals surface area (Å²) >= 11 is 0. The fraction of sp³-hybridized carbons (Fsp3) is 1.00. The molecule has 1 aliphatic heterocycles. The molecule has 0 aromatic carbocycles. The van der Waals surface area contributed by atoms with Crippen molar-refractivity contribution in [1.82, 2.24) is 0 Å². The molecule has 0 amide bonds. The van der Waals surface area contributed by atoms with E-state index < -0.39 is 13.0 Å². The zero-order valence-corrected chi connectivity index (χ0v) is 4.44. The average Bonchev–Trinajstić information content (AvgIpc) is 2.08. The fourth-order valence-corrected chi connectivity index (χ4v) is 0.552. The predicted octanol–water partition coefficient (Wildman–Crippen LogP) is 1.04. The second kappa shape index (κ2) is 2.19. The topological polar surface area (TPSA) is 18.5 Å². The van der Waals surface area contributed by atoms with Gasteiger partial charge in [0.2, 0.25) is 0 Å². The minimum atomic E-state index is -4.27. The van der Waals surface area contributed by atoms with Gasteiger partial charge in [0, 0.05) is 0 Å². The Balaban J connectivity index is 2.42. The lowest BCUT2D eigenvalue weighted by Crippen LogP contribution is -2.32. The van der Waals surface area contributed by atoms with Crippen LogP contribution in [0.3, 0.4) is 0 Å². The number of hydrogen-bond donors (Lipinski definition) is 0. The smallest absolute Gasteiger partial charge is 0.293 e. The van der Waals surface area contributed by atoms with E-state index in [1.54, 1.807) is 0 Å². The van der Waals surface area contributed by atoms with Gasteiger partial charge in [-0.3, -0.25) is 9.69 Å². The summed E-state index contributed by atoms with van der Waals surface area (Å²) in [4.78, 5) is 7.96. The Kier molecular flexibility index (Phi) is 1.67. The van der Waals surface area contributed by atoms with Crippen LogP contribution in [0.15, 0.2) is 0 Å². The highest BCUT2D eigenvalue weighted by atomic mass is 19.4. The molecule has 0 spiro atoms. The molecule has 0 aliphatic carbocycles. The van der Waals surface area contributed by atoms with Crippen LogP contribution in [0.1, 0.15) is 0 Å². The quantitative estimate of drug-likeness (QED) is 0.369. The summed E-state index contributed by atoms with van der Waals surface area (Å²) in [6, 6.07) is 0. The molecule has 6 heteroatoms. The Labute approximate surface area is 50.0 Å². The van der Waals surface area contributed by atoms with Crippen molar-refractivity contribution < 1.29 is 22.9 Å². The SMILES string of the molecule is FC(F)(F)B1CCOO1. The first-order chi connectivity index (χ1) is 4.11. The van der Waals surface area contributed by atoms with Crippen molar-refractivity contribution in [2.24, 2.45) is 0 Å². The zero-order valence-electron chi connectivity index (χ0n) is 4.44. The van der Waals surface area contributed by atoms with Crippen LogP contribution < -0.4 is 0 Å². The molecule has 0 aromatic heterocycles. The Morgan fingerprint density at radius 3 is 2.22 bits per heavy atom. The number of rotatable bonds is 0. The van der Waals surface area contributed by atoms with Gasteiger partial charge < -0.3 is 0 Å². The van der Waals surface area contributed by atoms with Crippen molar-refractivity contribution >= 4 is 6.92 Å². The van der Waals surface area contributed by atoms with E-state index in [2.05, 4.69) is 9.69 Å². The molecular weight excluding hydrogens is 136 g/mol. The van der Waals surface area contributed by atoms with Gasteiger partial charge in [0.05, 0.1) is 6.61 Å². The first-order valence-corrected chi connectivity index (χ1v) is 2.45. The summed E-state index contributed by atoms with van der Waals surface area (Å²) in [5.74, 6) is 0. The van der Waals surface area contributed by atoms with E-state index in [4.69, 9.17) is 0 Å². The number of halogens is 3. The van der Waals surface area contributed by atoms with Crippen LogP contribution in [0.5, 0.6) is 0 Å². The summed E-state index contributed by atoms with van der Waals surface area (Å²) < 4.78 is 34.7. The van der Waals surface area contributed by atoms with Gasteiger partial charge in [0.25, 0.3) is 0 Å². The van der Waals surface area contributed by atoms with Gasteiger partial charge in [-0.05, 0) is 6.32 Å². The third kappa shape index (κ3) is 1.59. The highest BCUT2D eigenvalue weighted by Gasteiger charge is 2.49. The lowest BCUT2D eigenvalue weighted by Gasteiger charge is -2.05. The molecule has 1 saturated heterocycles. The van der Waals surface area contributed by atoms with Crippen molar-refractivity contribution in [3.8, 4) is 0 Å². The molecule has 0 bridgehead atoms. The molecule has 0 radical (unpaired) electrons. The Morgan fingerprint density at radius 2 is 2.00 bits per heavy atom. The highest BCUT2D eigenvalue weighted by molar-refractivity contribution is 6.54. The fourth-order valence-electron chi connectivity index (χ4n) is 0.552. The summed E-state index contributed by atoms with van der Waals surface area (Å²) in [7, 11) is 0. The molecular formula is C3H4BF3O2. The molecule has 1 fully saturated rings. The van der Waals surface area contributed by atoms with Crippen LogP contribution in [-0.4, -0.2) is 19.6 Å². The Morgan fingerprint density at radius 1 is 1.33 bits per heavy atom. The summed E-state index contributed by atoms with van der Waals surface area (Å²) in [6.45, 7) is -1.68.